The Bertz CT molecular complexity index is 410. The van der Waals surface area contributed by atoms with Crippen LogP contribution in [-0.2, 0) is 0 Å². The van der Waals surface area contributed by atoms with E-state index in [0.29, 0.717) is 11.3 Å². The summed E-state index contributed by atoms with van der Waals surface area (Å²) in [7, 11) is 0. The zero-order valence-corrected chi connectivity index (χ0v) is 8.79. The molecule has 0 amide bonds. The van der Waals surface area contributed by atoms with Crippen molar-refractivity contribution in [1.82, 2.24) is 10.2 Å². The Morgan fingerprint density at radius 2 is 2.06 bits per heavy atom. The van der Waals surface area contributed by atoms with Gasteiger partial charge in [0.1, 0.15) is 5.56 Å². The van der Waals surface area contributed by atoms with Crippen molar-refractivity contribution in [3.05, 3.63) is 16.8 Å². The third-order valence-corrected chi connectivity index (χ3v) is 2.09. The average Bonchev–Trinajstić information content (AvgIpc) is 2.19. The topological polar surface area (TPSA) is 75.1 Å². The van der Waals surface area contributed by atoms with Gasteiger partial charge >= 0.3 is 5.97 Å². The Morgan fingerprint density at radius 1 is 1.44 bits per heavy atom. The minimum atomic E-state index is -2.58. The number of aromatic nitrogens is 2. The number of halogens is 2. The predicted molar refractivity (Wildman–Crippen MR) is 53.0 cm³/mol. The Hall–Kier alpha value is -1.79. The number of carbonyl (C=O) groups is 1. The first-order valence-corrected chi connectivity index (χ1v) is 4.52. The average molecular weight is 231 g/mol. The standard InChI is InChI=1S/C9H11F2N3O2/c1-4-5(2)13-14-8(7(4)9(15)16)12-3-6(10)11/h6H,3H2,1-2H3,(H,12,14)(H,15,16). The van der Waals surface area contributed by atoms with Crippen molar-refractivity contribution in [3.8, 4) is 0 Å². The molecule has 0 saturated carbocycles. The number of anilines is 1. The number of aryl methyl sites for hydroxylation is 1. The molecule has 7 heteroatoms. The molecule has 0 aliphatic rings. The Morgan fingerprint density at radius 3 is 2.56 bits per heavy atom. The van der Waals surface area contributed by atoms with Crippen molar-refractivity contribution in [1.29, 1.82) is 0 Å². The fourth-order valence-electron chi connectivity index (χ4n) is 1.17. The first-order chi connectivity index (χ1) is 7.43. The van der Waals surface area contributed by atoms with Gasteiger partial charge in [-0.2, -0.15) is 5.10 Å². The van der Waals surface area contributed by atoms with Crippen molar-refractivity contribution >= 4 is 11.8 Å². The minimum Gasteiger partial charge on any atom is -0.478 e. The molecule has 0 spiro atoms. The van der Waals surface area contributed by atoms with Gasteiger partial charge in [-0.3, -0.25) is 0 Å². The van der Waals surface area contributed by atoms with E-state index in [0.717, 1.165) is 0 Å². The monoisotopic (exact) mass is 231 g/mol. The Labute approximate surface area is 90.5 Å². The lowest BCUT2D eigenvalue weighted by molar-refractivity contribution is 0.0696. The number of hydrogen-bond donors (Lipinski definition) is 2. The van der Waals surface area contributed by atoms with E-state index < -0.39 is 18.9 Å². The first kappa shape index (κ1) is 12.3. The summed E-state index contributed by atoms with van der Waals surface area (Å²) in [5, 5.41) is 18.4. The highest BCUT2D eigenvalue weighted by Crippen LogP contribution is 2.18. The molecule has 1 heterocycles. The van der Waals surface area contributed by atoms with Gasteiger partial charge in [0.25, 0.3) is 6.43 Å². The SMILES string of the molecule is Cc1nnc(NCC(F)F)c(C(=O)O)c1C. The van der Waals surface area contributed by atoms with Crippen LogP contribution in [0.25, 0.3) is 0 Å². The molecule has 0 bridgehead atoms. The molecule has 0 aromatic carbocycles. The largest absolute Gasteiger partial charge is 0.478 e. The van der Waals surface area contributed by atoms with Crippen LogP contribution < -0.4 is 5.32 Å². The van der Waals surface area contributed by atoms with Gasteiger partial charge in [0.05, 0.1) is 12.2 Å². The smallest absolute Gasteiger partial charge is 0.339 e. The number of aromatic carboxylic acids is 1. The zero-order chi connectivity index (χ0) is 12.3. The van der Waals surface area contributed by atoms with E-state index >= 15 is 0 Å². The van der Waals surface area contributed by atoms with Gasteiger partial charge in [0, 0.05) is 0 Å². The van der Waals surface area contributed by atoms with Crippen LogP contribution in [0.5, 0.6) is 0 Å². The summed E-state index contributed by atoms with van der Waals surface area (Å²) in [5.41, 5.74) is 0.757. The van der Waals surface area contributed by atoms with Crippen molar-refractivity contribution in [3.63, 3.8) is 0 Å². The third-order valence-electron chi connectivity index (χ3n) is 2.09. The number of alkyl halides is 2. The minimum absolute atomic E-state index is 0.117. The maximum absolute atomic E-state index is 12.0. The number of carboxylic acid groups (broad SMARTS) is 1. The van der Waals surface area contributed by atoms with E-state index in [9.17, 15) is 13.6 Å². The first-order valence-electron chi connectivity index (χ1n) is 4.52. The van der Waals surface area contributed by atoms with E-state index in [1.54, 1.807) is 13.8 Å². The molecule has 0 atom stereocenters. The van der Waals surface area contributed by atoms with Crippen LogP contribution in [0.2, 0.25) is 0 Å². The van der Waals surface area contributed by atoms with E-state index in [1.807, 2.05) is 0 Å². The number of carboxylic acids is 1. The van der Waals surface area contributed by atoms with Gasteiger partial charge < -0.3 is 10.4 Å². The number of hydrogen-bond acceptors (Lipinski definition) is 4. The quantitative estimate of drug-likeness (QED) is 0.820. The summed E-state index contributed by atoms with van der Waals surface area (Å²) < 4.78 is 23.9. The van der Waals surface area contributed by atoms with Crippen molar-refractivity contribution in [2.24, 2.45) is 0 Å². The van der Waals surface area contributed by atoms with Crippen molar-refractivity contribution in [2.75, 3.05) is 11.9 Å². The van der Waals surface area contributed by atoms with Crippen LogP contribution in [0.1, 0.15) is 21.6 Å². The Kier molecular flexibility index (Phi) is 3.70. The fraction of sp³-hybridized carbons (Fsp3) is 0.444. The van der Waals surface area contributed by atoms with Gasteiger partial charge in [0.15, 0.2) is 5.82 Å². The van der Waals surface area contributed by atoms with Crippen LogP contribution in [0.15, 0.2) is 0 Å². The molecule has 1 aromatic rings. The molecule has 2 N–H and O–H groups in total. The second-order valence-electron chi connectivity index (χ2n) is 3.21. The van der Waals surface area contributed by atoms with Crippen LogP contribution >= 0.6 is 0 Å². The third kappa shape index (κ3) is 2.62. The van der Waals surface area contributed by atoms with Gasteiger partial charge in [-0.15, -0.1) is 5.10 Å². The summed E-state index contributed by atoms with van der Waals surface area (Å²) in [6.45, 7) is 2.50. The van der Waals surface area contributed by atoms with Crippen molar-refractivity contribution in [2.45, 2.75) is 20.3 Å². The van der Waals surface area contributed by atoms with Crippen LogP contribution in [0, 0.1) is 13.8 Å². The van der Waals surface area contributed by atoms with Crippen molar-refractivity contribution < 1.29 is 18.7 Å². The van der Waals surface area contributed by atoms with Crippen LogP contribution in [-0.4, -0.2) is 34.2 Å². The van der Waals surface area contributed by atoms with E-state index in [4.69, 9.17) is 5.11 Å². The molecule has 0 unspecified atom stereocenters. The molecule has 0 radical (unpaired) electrons. The lowest BCUT2D eigenvalue weighted by Gasteiger charge is -2.10. The molecular formula is C9H11F2N3O2. The molecule has 16 heavy (non-hydrogen) atoms. The van der Waals surface area contributed by atoms with E-state index in [2.05, 4.69) is 15.5 Å². The van der Waals surface area contributed by atoms with Crippen LogP contribution in [0.3, 0.4) is 0 Å². The molecule has 1 rings (SSSR count). The molecule has 0 fully saturated rings. The van der Waals surface area contributed by atoms with E-state index in [-0.39, 0.29) is 11.4 Å². The molecule has 0 saturated heterocycles. The summed E-state index contributed by atoms with van der Waals surface area (Å²) in [6.07, 6.45) is -2.58. The number of rotatable bonds is 4. The zero-order valence-electron chi connectivity index (χ0n) is 8.79. The van der Waals surface area contributed by atoms with E-state index in [1.165, 1.54) is 0 Å². The number of nitrogens with zero attached hydrogens (tertiary/aromatic N) is 2. The molecular weight excluding hydrogens is 220 g/mol. The maximum Gasteiger partial charge on any atom is 0.339 e. The Balaban J connectivity index is 3.08. The lowest BCUT2D eigenvalue weighted by atomic mass is 10.1. The molecule has 5 nitrogen and oxygen atoms in total. The fourth-order valence-corrected chi connectivity index (χ4v) is 1.17. The normalized spacial score (nSPS) is 10.6. The molecule has 0 aliphatic heterocycles. The number of nitrogens with one attached hydrogen (secondary N) is 1. The van der Waals surface area contributed by atoms with Gasteiger partial charge in [-0.1, -0.05) is 0 Å². The second-order valence-corrected chi connectivity index (χ2v) is 3.21. The molecule has 0 aliphatic carbocycles. The highest BCUT2D eigenvalue weighted by molar-refractivity contribution is 5.94. The highest BCUT2D eigenvalue weighted by Gasteiger charge is 2.18. The summed E-state index contributed by atoms with van der Waals surface area (Å²) in [4.78, 5) is 10.9. The summed E-state index contributed by atoms with van der Waals surface area (Å²) in [5.74, 6) is -1.34. The second kappa shape index (κ2) is 4.82. The molecule has 1 aromatic heterocycles. The van der Waals surface area contributed by atoms with Gasteiger partial charge in [-0.25, -0.2) is 13.6 Å². The lowest BCUT2D eigenvalue weighted by Crippen LogP contribution is -2.17. The maximum atomic E-state index is 12.0. The van der Waals surface area contributed by atoms with Crippen LogP contribution in [0.4, 0.5) is 14.6 Å². The highest BCUT2D eigenvalue weighted by atomic mass is 19.3. The predicted octanol–water partition coefficient (Wildman–Crippen LogP) is 1.47. The molecule has 88 valence electrons. The summed E-state index contributed by atoms with van der Waals surface area (Å²) >= 11 is 0. The van der Waals surface area contributed by atoms with Gasteiger partial charge in [-0.05, 0) is 19.4 Å². The summed E-state index contributed by atoms with van der Waals surface area (Å²) in [6, 6.07) is 0. The van der Waals surface area contributed by atoms with Gasteiger partial charge in [0.2, 0.25) is 0 Å².